The Bertz CT molecular complexity index is 484. The summed E-state index contributed by atoms with van der Waals surface area (Å²) in [4.78, 5) is 22.2. The van der Waals surface area contributed by atoms with Crippen molar-refractivity contribution < 1.29 is 14.3 Å². The molecule has 0 saturated carbocycles. The summed E-state index contributed by atoms with van der Waals surface area (Å²) < 4.78 is 4.92. The highest BCUT2D eigenvalue weighted by atomic mass is 16.5. The largest absolute Gasteiger partial charge is 0.423 e. The Morgan fingerprint density at radius 2 is 2.13 bits per heavy atom. The molecule has 0 N–H and O–H groups in total. The van der Waals surface area contributed by atoms with Gasteiger partial charge in [0.2, 0.25) is 0 Å². The maximum Gasteiger partial charge on any atom is 0.335 e. The van der Waals surface area contributed by atoms with Crippen LogP contribution in [0, 0.1) is 0 Å². The second kappa shape index (κ2) is 3.53. The second-order valence-corrected chi connectivity index (χ2v) is 3.07. The normalized spacial score (nSPS) is 12.4. The standard InChI is InChI=1S/C12H8O3/c1-2-12(14)15-9-4-5-10-8(7-9)3-6-11(10)13/h2-7H,1H2. The van der Waals surface area contributed by atoms with Gasteiger partial charge in [0.15, 0.2) is 5.78 Å². The molecular weight excluding hydrogens is 192 g/mol. The molecule has 0 bridgehead atoms. The minimum atomic E-state index is -0.511. The van der Waals surface area contributed by atoms with Gasteiger partial charge in [0, 0.05) is 11.6 Å². The zero-order valence-corrected chi connectivity index (χ0v) is 7.90. The third-order valence-corrected chi connectivity index (χ3v) is 2.09. The van der Waals surface area contributed by atoms with E-state index in [1.165, 1.54) is 6.08 Å². The Morgan fingerprint density at radius 1 is 1.33 bits per heavy atom. The minimum Gasteiger partial charge on any atom is -0.423 e. The predicted molar refractivity (Wildman–Crippen MR) is 55.6 cm³/mol. The molecule has 0 spiro atoms. The molecule has 0 aliphatic heterocycles. The first-order valence-corrected chi connectivity index (χ1v) is 4.41. The zero-order valence-electron chi connectivity index (χ0n) is 7.90. The number of rotatable bonds is 2. The number of ether oxygens (including phenoxy) is 1. The molecule has 2 rings (SSSR count). The monoisotopic (exact) mass is 200 g/mol. The van der Waals surface area contributed by atoms with E-state index in [2.05, 4.69) is 6.58 Å². The first kappa shape index (κ1) is 9.40. The molecule has 0 amide bonds. The van der Waals surface area contributed by atoms with E-state index in [1.54, 1.807) is 24.3 Å². The van der Waals surface area contributed by atoms with Gasteiger partial charge in [-0.3, -0.25) is 4.79 Å². The third kappa shape index (κ3) is 1.72. The molecule has 74 valence electrons. The van der Waals surface area contributed by atoms with E-state index in [0.29, 0.717) is 11.3 Å². The zero-order chi connectivity index (χ0) is 10.8. The molecule has 0 fully saturated rings. The lowest BCUT2D eigenvalue weighted by molar-refractivity contribution is -0.128. The number of carbonyl (C=O) groups excluding carboxylic acids is 2. The number of hydrogen-bond donors (Lipinski definition) is 0. The average molecular weight is 200 g/mol. The van der Waals surface area contributed by atoms with E-state index in [0.717, 1.165) is 11.6 Å². The molecule has 1 aliphatic carbocycles. The molecule has 0 heterocycles. The number of esters is 1. The molecule has 0 atom stereocenters. The minimum absolute atomic E-state index is 0.0217. The summed E-state index contributed by atoms with van der Waals surface area (Å²) in [6.45, 7) is 3.30. The predicted octanol–water partition coefficient (Wildman–Crippen LogP) is 1.99. The highest BCUT2D eigenvalue weighted by Crippen LogP contribution is 2.24. The van der Waals surface area contributed by atoms with Gasteiger partial charge in [0.1, 0.15) is 5.75 Å². The Labute approximate surface area is 86.7 Å². The average Bonchev–Trinajstić information content (AvgIpc) is 2.60. The van der Waals surface area contributed by atoms with Gasteiger partial charge in [-0.15, -0.1) is 0 Å². The van der Waals surface area contributed by atoms with Crippen molar-refractivity contribution in [2.75, 3.05) is 0 Å². The van der Waals surface area contributed by atoms with Gasteiger partial charge < -0.3 is 4.74 Å². The smallest absolute Gasteiger partial charge is 0.335 e. The van der Waals surface area contributed by atoms with Gasteiger partial charge in [0.05, 0.1) is 0 Å². The van der Waals surface area contributed by atoms with Gasteiger partial charge in [-0.25, -0.2) is 4.79 Å². The number of ketones is 1. The van der Waals surface area contributed by atoms with Gasteiger partial charge in [-0.05, 0) is 29.8 Å². The van der Waals surface area contributed by atoms with Gasteiger partial charge in [0.25, 0.3) is 0 Å². The summed E-state index contributed by atoms with van der Waals surface area (Å²) in [5, 5.41) is 0. The van der Waals surface area contributed by atoms with E-state index in [1.807, 2.05) is 0 Å². The molecule has 1 aromatic carbocycles. The molecule has 1 aromatic rings. The number of carbonyl (C=O) groups is 2. The molecule has 0 unspecified atom stereocenters. The van der Waals surface area contributed by atoms with Gasteiger partial charge in [-0.2, -0.15) is 0 Å². The summed E-state index contributed by atoms with van der Waals surface area (Å²) in [5.41, 5.74) is 1.41. The van der Waals surface area contributed by atoms with Crippen LogP contribution in [0.1, 0.15) is 15.9 Å². The Morgan fingerprint density at radius 3 is 2.87 bits per heavy atom. The lowest BCUT2D eigenvalue weighted by Gasteiger charge is -2.03. The topological polar surface area (TPSA) is 43.4 Å². The van der Waals surface area contributed by atoms with E-state index < -0.39 is 5.97 Å². The highest BCUT2D eigenvalue weighted by molar-refractivity contribution is 6.13. The van der Waals surface area contributed by atoms with Crippen LogP contribution in [-0.2, 0) is 4.79 Å². The Balaban J connectivity index is 2.30. The first-order valence-electron chi connectivity index (χ1n) is 4.41. The fraction of sp³-hybridized carbons (Fsp3) is 0. The summed E-state index contributed by atoms with van der Waals surface area (Å²) in [6, 6.07) is 4.88. The van der Waals surface area contributed by atoms with E-state index in [9.17, 15) is 9.59 Å². The van der Waals surface area contributed by atoms with Crippen LogP contribution in [0.5, 0.6) is 5.75 Å². The molecule has 0 saturated heterocycles. The molecule has 0 radical (unpaired) electrons. The SMILES string of the molecule is C=CC(=O)Oc1ccc2c(c1)C=CC2=O. The van der Waals surface area contributed by atoms with E-state index in [-0.39, 0.29) is 5.78 Å². The number of fused-ring (bicyclic) bond motifs is 1. The Kier molecular flexibility index (Phi) is 2.21. The molecule has 0 aromatic heterocycles. The maximum absolute atomic E-state index is 11.2. The van der Waals surface area contributed by atoms with Crippen LogP contribution in [-0.4, -0.2) is 11.8 Å². The highest BCUT2D eigenvalue weighted by Gasteiger charge is 2.14. The molecular formula is C12H8O3. The van der Waals surface area contributed by atoms with Gasteiger partial charge >= 0.3 is 5.97 Å². The van der Waals surface area contributed by atoms with Crippen molar-refractivity contribution >= 4 is 17.8 Å². The summed E-state index contributed by atoms with van der Waals surface area (Å²) in [5.74, 6) is -0.118. The van der Waals surface area contributed by atoms with Crippen molar-refractivity contribution in [3.63, 3.8) is 0 Å². The number of benzene rings is 1. The lowest BCUT2D eigenvalue weighted by Crippen LogP contribution is -2.03. The van der Waals surface area contributed by atoms with Crippen molar-refractivity contribution in [1.29, 1.82) is 0 Å². The quantitative estimate of drug-likeness (QED) is 0.416. The molecule has 3 nitrogen and oxygen atoms in total. The van der Waals surface area contributed by atoms with Crippen LogP contribution < -0.4 is 4.74 Å². The third-order valence-electron chi connectivity index (χ3n) is 2.09. The summed E-state index contributed by atoms with van der Waals surface area (Å²) in [7, 11) is 0. The van der Waals surface area contributed by atoms with E-state index in [4.69, 9.17) is 4.74 Å². The Hall–Kier alpha value is -2.16. The van der Waals surface area contributed by atoms with Crippen LogP contribution in [0.15, 0.2) is 36.9 Å². The summed E-state index contributed by atoms with van der Waals surface area (Å²) >= 11 is 0. The van der Waals surface area contributed by atoms with Crippen molar-refractivity contribution in [1.82, 2.24) is 0 Å². The van der Waals surface area contributed by atoms with Crippen LogP contribution in [0.4, 0.5) is 0 Å². The van der Waals surface area contributed by atoms with Crippen molar-refractivity contribution in [3.8, 4) is 5.75 Å². The first-order chi connectivity index (χ1) is 7.20. The number of hydrogen-bond acceptors (Lipinski definition) is 3. The van der Waals surface area contributed by atoms with Crippen LogP contribution >= 0.6 is 0 Å². The van der Waals surface area contributed by atoms with Crippen molar-refractivity contribution in [2.45, 2.75) is 0 Å². The van der Waals surface area contributed by atoms with E-state index >= 15 is 0 Å². The number of allylic oxidation sites excluding steroid dienone is 1. The van der Waals surface area contributed by atoms with Crippen LogP contribution in [0.25, 0.3) is 6.08 Å². The maximum atomic E-state index is 11.2. The van der Waals surface area contributed by atoms with Crippen LogP contribution in [0.2, 0.25) is 0 Å². The van der Waals surface area contributed by atoms with Crippen molar-refractivity contribution in [2.24, 2.45) is 0 Å². The van der Waals surface area contributed by atoms with Crippen LogP contribution in [0.3, 0.4) is 0 Å². The molecule has 1 aliphatic rings. The second-order valence-electron chi connectivity index (χ2n) is 3.07. The lowest BCUT2D eigenvalue weighted by atomic mass is 10.1. The summed E-state index contributed by atoms with van der Waals surface area (Å²) in [6.07, 6.45) is 4.28. The van der Waals surface area contributed by atoms with Crippen molar-refractivity contribution in [3.05, 3.63) is 48.1 Å². The fourth-order valence-corrected chi connectivity index (χ4v) is 1.38. The fourth-order valence-electron chi connectivity index (χ4n) is 1.38. The molecule has 3 heteroatoms. The molecule has 15 heavy (non-hydrogen) atoms. The van der Waals surface area contributed by atoms with Gasteiger partial charge in [-0.1, -0.05) is 12.7 Å².